The average molecular weight is 344 g/mol. The standard InChI is InChI=1S/C17H23F3N2O2/c1-22(14-8-6-12(11-23)7-9-14)16(24)21-15-5-3-2-4-13(15)10-17(18,19)20/h2-5,12,14,23H,6-11H2,1H3,(H,21,24). The van der Waals surface area contributed by atoms with Gasteiger partial charge < -0.3 is 15.3 Å². The van der Waals surface area contributed by atoms with Crippen molar-refractivity contribution in [1.29, 1.82) is 0 Å². The van der Waals surface area contributed by atoms with Gasteiger partial charge in [-0.05, 0) is 43.2 Å². The van der Waals surface area contributed by atoms with Crippen LogP contribution in [0.25, 0.3) is 0 Å². The lowest BCUT2D eigenvalue weighted by molar-refractivity contribution is -0.127. The predicted octanol–water partition coefficient (Wildman–Crippen LogP) is 3.81. The van der Waals surface area contributed by atoms with Gasteiger partial charge in [-0.15, -0.1) is 0 Å². The Labute approximate surface area is 139 Å². The van der Waals surface area contributed by atoms with E-state index in [0.29, 0.717) is 0 Å². The van der Waals surface area contributed by atoms with Crippen LogP contribution in [-0.2, 0) is 6.42 Å². The number of para-hydroxylation sites is 1. The average Bonchev–Trinajstić information content (AvgIpc) is 2.54. The number of amides is 2. The number of anilines is 1. The van der Waals surface area contributed by atoms with Gasteiger partial charge >= 0.3 is 12.2 Å². The van der Waals surface area contributed by atoms with Crippen LogP contribution in [0.3, 0.4) is 0 Å². The normalized spacial score (nSPS) is 21.4. The third kappa shape index (κ3) is 5.12. The van der Waals surface area contributed by atoms with Crippen molar-refractivity contribution in [2.75, 3.05) is 19.0 Å². The van der Waals surface area contributed by atoms with Crippen molar-refractivity contribution in [3.8, 4) is 0 Å². The number of urea groups is 1. The van der Waals surface area contributed by atoms with Crippen LogP contribution in [0.15, 0.2) is 24.3 Å². The number of carbonyl (C=O) groups excluding carboxylic acids is 1. The molecule has 2 rings (SSSR count). The van der Waals surface area contributed by atoms with Gasteiger partial charge in [0.15, 0.2) is 0 Å². The summed E-state index contributed by atoms with van der Waals surface area (Å²) in [7, 11) is 1.66. The molecule has 24 heavy (non-hydrogen) atoms. The summed E-state index contributed by atoms with van der Waals surface area (Å²) in [5, 5.41) is 11.8. The van der Waals surface area contributed by atoms with Gasteiger partial charge in [0.2, 0.25) is 0 Å². The van der Waals surface area contributed by atoms with E-state index in [4.69, 9.17) is 5.11 Å². The number of rotatable bonds is 4. The summed E-state index contributed by atoms with van der Waals surface area (Å²) in [6, 6.07) is 5.61. The van der Waals surface area contributed by atoms with Crippen molar-refractivity contribution in [2.45, 2.75) is 44.3 Å². The van der Waals surface area contributed by atoms with Crippen LogP contribution in [0.5, 0.6) is 0 Å². The van der Waals surface area contributed by atoms with Crippen molar-refractivity contribution < 1.29 is 23.1 Å². The fourth-order valence-corrected chi connectivity index (χ4v) is 3.10. The number of aliphatic hydroxyl groups excluding tert-OH is 1. The van der Waals surface area contributed by atoms with Crippen LogP contribution < -0.4 is 5.32 Å². The van der Waals surface area contributed by atoms with Gasteiger partial charge in [-0.3, -0.25) is 0 Å². The van der Waals surface area contributed by atoms with Gasteiger partial charge in [-0.2, -0.15) is 13.2 Å². The van der Waals surface area contributed by atoms with Gasteiger partial charge in [-0.25, -0.2) is 4.79 Å². The molecule has 0 bridgehead atoms. The first-order chi connectivity index (χ1) is 11.3. The zero-order chi connectivity index (χ0) is 17.7. The van der Waals surface area contributed by atoms with Crippen LogP contribution >= 0.6 is 0 Å². The van der Waals surface area contributed by atoms with E-state index in [-0.39, 0.29) is 29.8 Å². The Morgan fingerprint density at radius 1 is 1.25 bits per heavy atom. The number of benzene rings is 1. The molecule has 2 amide bonds. The van der Waals surface area contributed by atoms with E-state index >= 15 is 0 Å². The first kappa shape index (κ1) is 18.6. The maximum atomic E-state index is 12.6. The Balaban J connectivity index is 1.99. The minimum absolute atomic E-state index is 0.0441. The number of aliphatic hydroxyl groups is 1. The number of carbonyl (C=O) groups is 1. The van der Waals surface area contributed by atoms with E-state index < -0.39 is 18.6 Å². The van der Waals surface area contributed by atoms with E-state index in [2.05, 4.69) is 5.32 Å². The zero-order valence-electron chi connectivity index (χ0n) is 13.6. The van der Waals surface area contributed by atoms with Crippen LogP contribution in [0, 0.1) is 5.92 Å². The smallest absolute Gasteiger partial charge is 0.393 e. The molecular formula is C17H23F3N2O2. The van der Waals surface area contributed by atoms with E-state index in [1.54, 1.807) is 18.0 Å². The number of alkyl halides is 3. The molecule has 0 aliphatic heterocycles. The fraction of sp³-hybridized carbons (Fsp3) is 0.588. The Bertz CT molecular complexity index is 555. The first-order valence-electron chi connectivity index (χ1n) is 8.09. The molecule has 1 aromatic rings. The van der Waals surface area contributed by atoms with Gasteiger partial charge in [0, 0.05) is 25.4 Å². The van der Waals surface area contributed by atoms with Gasteiger partial charge in [0.05, 0.1) is 6.42 Å². The Morgan fingerprint density at radius 2 is 1.88 bits per heavy atom. The molecule has 1 saturated carbocycles. The number of nitrogens with zero attached hydrogens (tertiary/aromatic N) is 1. The van der Waals surface area contributed by atoms with Crippen molar-refractivity contribution in [1.82, 2.24) is 4.90 Å². The van der Waals surface area contributed by atoms with E-state index in [0.717, 1.165) is 25.7 Å². The maximum Gasteiger partial charge on any atom is 0.393 e. The lowest BCUT2D eigenvalue weighted by atomic mass is 9.86. The van der Waals surface area contributed by atoms with Crippen LogP contribution in [0.1, 0.15) is 31.2 Å². The minimum atomic E-state index is -4.32. The fourth-order valence-electron chi connectivity index (χ4n) is 3.10. The third-order valence-electron chi connectivity index (χ3n) is 4.59. The molecule has 0 heterocycles. The molecule has 134 valence electrons. The topological polar surface area (TPSA) is 52.6 Å². The van der Waals surface area contributed by atoms with Crippen molar-refractivity contribution in [3.63, 3.8) is 0 Å². The lowest BCUT2D eigenvalue weighted by Crippen LogP contribution is -2.42. The highest BCUT2D eigenvalue weighted by Crippen LogP contribution is 2.28. The highest BCUT2D eigenvalue weighted by molar-refractivity contribution is 5.90. The summed E-state index contributed by atoms with van der Waals surface area (Å²) in [5.41, 5.74) is 0.242. The molecule has 0 unspecified atom stereocenters. The molecule has 0 aromatic heterocycles. The van der Waals surface area contributed by atoms with E-state index in [9.17, 15) is 18.0 Å². The van der Waals surface area contributed by atoms with Crippen LogP contribution in [-0.4, -0.2) is 41.9 Å². The number of halogens is 3. The Hall–Kier alpha value is -1.76. The molecule has 4 nitrogen and oxygen atoms in total. The lowest BCUT2D eigenvalue weighted by Gasteiger charge is -2.34. The molecule has 1 fully saturated rings. The Kier molecular flexibility index (Phi) is 6.10. The molecule has 2 N–H and O–H groups in total. The molecule has 0 saturated heterocycles. The summed E-state index contributed by atoms with van der Waals surface area (Å²) < 4.78 is 37.9. The van der Waals surface area contributed by atoms with Gasteiger partial charge in [0.25, 0.3) is 0 Å². The minimum Gasteiger partial charge on any atom is -0.396 e. The summed E-state index contributed by atoms with van der Waals surface area (Å²) in [5.74, 6) is 0.283. The summed E-state index contributed by atoms with van der Waals surface area (Å²) >= 11 is 0. The quantitative estimate of drug-likeness (QED) is 0.873. The second-order valence-corrected chi connectivity index (χ2v) is 6.35. The summed E-state index contributed by atoms with van der Waals surface area (Å²) in [6.07, 6.45) is -2.12. The summed E-state index contributed by atoms with van der Waals surface area (Å²) in [4.78, 5) is 13.9. The second kappa shape index (κ2) is 7.88. The summed E-state index contributed by atoms with van der Waals surface area (Å²) in [6.45, 7) is 0.160. The third-order valence-corrected chi connectivity index (χ3v) is 4.59. The molecule has 0 spiro atoms. The molecule has 1 aliphatic rings. The molecule has 1 aromatic carbocycles. The highest BCUT2D eigenvalue weighted by Gasteiger charge is 2.30. The van der Waals surface area contributed by atoms with Crippen LogP contribution in [0.4, 0.5) is 23.7 Å². The number of hydrogen-bond acceptors (Lipinski definition) is 2. The van der Waals surface area contributed by atoms with Crippen molar-refractivity contribution in [2.24, 2.45) is 5.92 Å². The van der Waals surface area contributed by atoms with E-state index in [1.165, 1.54) is 18.2 Å². The van der Waals surface area contributed by atoms with Crippen molar-refractivity contribution >= 4 is 11.7 Å². The largest absolute Gasteiger partial charge is 0.396 e. The molecule has 1 aliphatic carbocycles. The maximum absolute atomic E-state index is 12.6. The first-order valence-corrected chi connectivity index (χ1v) is 8.09. The van der Waals surface area contributed by atoms with Gasteiger partial charge in [0.1, 0.15) is 0 Å². The Morgan fingerprint density at radius 3 is 2.46 bits per heavy atom. The predicted molar refractivity (Wildman–Crippen MR) is 85.8 cm³/mol. The molecule has 0 radical (unpaired) electrons. The molecule has 7 heteroatoms. The van der Waals surface area contributed by atoms with Crippen LogP contribution in [0.2, 0.25) is 0 Å². The highest BCUT2D eigenvalue weighted by atomic mass is 19.4. The SMILES string of the molecule is CN(C(=O)Nc1ccccc1CC(F)(F)F)C1CCC(CO)CC1. The second-order valence-electron chi connectivity index (χ2n) is 6.35. The number of nitrogens with one attached hydrogen (secondary N) is 1. The van der Waals surface area contributed by atoms with E-state index in [1.807, 2.05) is 0 Å². The molecule has 0 atom stereocenters. The molecular weight excluding hydrogens is 321 g/mol. The zero-order valence-corrected chi connectivity index (χ0v) is 13.6. The van der Waals surface area contributed by atoms with Crippen molar-refractivity contribution in [3.05, 3.63) is 29.8 Å². The number of hydrogen-bond donors (Lipinski definition) is 2. The van der Waals surface area contributed by atoms with Gasteiger partial charge in [-0.1, -0.05) is 18.2 Å². The monoisotopic (exact) mass is 344 g/mol.